The largest absolute Gasteiger partial charge is 0.454 e. The zero-order chi connectivity index (χ0) is 21.4. The Morgan fingerprint density at radius 1 is 1.14 bits per heavy atom. The van der Waals surface area contributed by atoms with Gasteiger partial charge in [0.1, 0.15) is 6.04 Å². The van der Waals surface area contributed by atoms with Gasteiger partial charge in [-0.1, -0.05) is 19.1 Å². The molecule has 5 amide bonds. The SMILES string of the molecule is CCCNC(=O)NC(=O)COC(=O)[C@@H](CCSC)N1C(=O)c2ccccc2C1=O. The Balaban J connectivity index is 2.04. The summed E-state index contributed by atoms with van der Waals surface area (Å²) in [5, 5.41) is 4.49. The molecule has 2 N–H and O–H groups in total. The fourth-order valence-electron chi connectivity index (χ4n) is 2.75. The molecule has 1 aliphatic heterocycles. The van der Waals surface area contributed by atoms with E-state index in [9.17, 15) is 24.0 Å². The molecule has 1 aromatic carbocycles. The lowest BCUT2D eigenvalue weighted by Crippen LogP contribution is -2.47. The van der Waals surface area contributed by atoms with Crippen LogP contribution < -0.4 is 10.6 Å². The average molecular weight is 421 g/mol. The topological polar surface area (TPSA) is 122 Å². The van der Waals surface area contributed by atoms with Gasteiger partial charge in [0.15, 0.2) is 6.61 Å². The van der Waals surface area contributed by atoms with Crippen LogP contribution in [0.1, 0.15) is 40.5 Å². The van der Waals surface area contributed by atoms with Crippen LogP contribution >= 0.6 is 11.8 Å². The standard InChI is InChI=1S/C19H23N3O6S/c1-3-9-20-19(27)21-15(23)11-28-18(26)14(8-10-29-2)22-16(24)12-6-4-5-7-13(12)17(22)25/h4-7,14H,3,8-11H2,1-2H3,(H2,20,21,23,27)/t14-/m1/s1. The summed E-state index contributed by atoms with van der Waals surface area (Å²) in [4.78, 5) is 62.0. The van der Waals surface area contributed by atoms with Gasteiger partial charge in [0.05, 0.1) is 11.1 Å². The van der Waals surface area contributed by atoms with Crippen LogP contribution in [-0.4, -0.2) is 65.8 Å². The second-order valence-electron chi connectivity index (χ2n) is 6.23. The van der Waals surface area contributed by atoms with Gasteiger partial charge in [-0.25, -0.2) is 9.59 Å². The molecular weight excluding hydrogens is 398 g/mol. The first kappa shape index (κ1) is 22.4. The smallest absolute Gasteiger partial charge is 0.329 e. The van der Waals surface area contributed by atoms with Gasteiger partial charge >= 0.3 is 12.0 Å². The molecule has 2 rings (SSSR count). The Morgan fingerprint density at radius 3 is 2.31 bits per heavy atom. The molecular formula is C19H23N3O6S. The average Bonchev–Trinajstić information content (AvgIpc) is 2.96. The van der Waals surface area contributed by atoms with Crippen LogP contribution in [0.25, 0.3) is 0 Å². The normalized spacial score (nSPS) is 13.7. The maximum Gasteiger partial charge on any atom is 0.329 e. The van der Waals surface area contributed by atoms with E-state index in [2.05, 4.69) is 5.32 Å². The molecule has 29 heavy (non-hydrogen) atoms. The summed E-state index contributed by atoms with van der Waals surface area (Å²) in [6.07, 6.45) is 2.71. The number of nitrogens with zero attached hydrogens (tertiary/aromatic N) is 1. The van der Waals surface area contributed by atoms with Crippen molar-refractivity contribution in [3.05, 3.63) is 35.4 Å². The molecule has 0 spiro atoms. The van der Waals surface area contributed by atoms with Crippen molar-refractivity contribution in [2.24, 2.45) is 0 Å². The highest BCUT2D eigenvalue weighted by atomic mass is 32.2. The Kier molecular flexibility index (Phi) is 8.20. The predicted molar refractivity (Wildman–Crippen MR) is 107 cm³/mol. The molecule has 0 aliphatic carbocycles. The summed E-state index contributed by atoms with van der Waals surface area (Å²) in [5.41, 5.74) is 0.453. The molecule has 0 saturated heterocycles. The van der Waals surface area contributed by atoms with E-state index in [1.165, 1.54) is 23.9 Å². The van der Waals surface area contributed by atoms with Crippen molar-refractivity contribution in [2.45, 2.75) is 25.8 Å². The monoisotopic (exact) mass is 421 g/mol. The minimum Gasteiger partial charge on any atom is -0.454 e. The number of carbonyl (C=O) groups is 5. The summed E-state index contributed by atoms with van der Waals surface area (Å²) in [6.45, 7) is 1.56. The van der Waals surface area contributed by atoms with Crippen LogP contribution in [0, 0.1) is 0 Å². The number of urea groups is 1. The van der Waals surface area contributed by atoms with Gasteiger partial charge in [-0.15, -0.1) is 0 Å². The number of thioether (sulfide) groups is 1. The van der Waals surface area contributed by atoms with Gasteiger partial charge < -0.3 is 10.1 Å². The number of hydrogen-bond acceptors (Lipinski definition) is 7. The van der Waals surface area contributed by atoms with E-state index in [-0.39, 0.29) is 17.5 Å². The third-order valence-electron chi connectivity index (χ3n) is 4.14. The third kappa shape index (κ3) is 5.57. The maximum absolute atomic E-state index is 12.7. The van der Waals surface area contributed by atoms with Crippen molar-refractivity contribution < 1.29 is 28.7 Å². The zero-order valence-electron chi connectivity index (χ0n) is 16.2. The number of amides is 5. The van der Waals surface area contributed by atoms with Crippen molar-refractivity contribution in [1.29, 1.82) is 0 Å². The van der Waals surface area contributed by atoms with Crippen molar-refractivity contribution in [1.82, 2.24) is 15.5 Å². The molecule has 0 aromatic heterocycles. The number of nitrogens with one attached hydrogen (secondary N) is 2. The van der Waals surface area contributed by atoms with Gasteiger partial charge in [-0.05, 0) is 37.0 Å². The molecule has 1 heterocycles. The quantitative estimate of drug-likeness (QED) is 0.453. The number of benzene rings is 1. The number of ether oxygens (including phenoxy) is 1. The molecule has 1 aromatic rings. The molecule has 0 bridgehead atoms. The highest BCUT2D eigenvalue weighted by molar-refractivity contribution is 7.98. The van der Waals surface area contributed by atoms with Gasteiger partial charge in [0.2, 0.25) is 0 Å². The summed E-state index contributed by atoms with van der Waals surface area (Å²) in [7, 11) is 0. The Labute approximate surface area is 172 Å². The molecule has 0 radical (unpaired) electrons. The molecule has 10 heteroatoms. The highest BCUT2D eigenvalue weighted by Crippen LogP contribution is 2.26. The molecule has 1 aliphatic rings. The van der Waals surface area contributed by atoms with E-state index < -0.39 is 42.4 Å². The van der Waals surface area contributed by atoms with Gasteiger partial charge in [0, 0.05) is 6.54 Å². The van der Waals surface area contributed by atoms with E-state index in [0.29, 0.717) is 18.7 Å². The van der Waals surface area contributed by atoms with E-state index in [1.807, 2.05) is 18.5 Å². The Morgan fingerprint density at radius 2 is 1.76 bits per heavy atom. The number of carbonyl (C=O) groups excluding carboxylic acids is 5. The second-order valence-corrected chi connectivity index (χ2v) is 7.22. The highest BCUT2D eigenvalue weighted by Gasteiger charge is 2.43. The van der Waals surface area contributed by atoms with E-state index in [0.717, 1.165) is 4.90 Å². The van der Waals surface area contributed by atoms with Crippen molar-refractivity contribution >= 4 is 41.5 Å². The minimum absolute atomic E-state index is 0.185. The fourth-order valence-corrected chi connectivity index (χ4v) is 3.21. The molecule has 1 atom stereocenters. The first-order chi connectivity index (χ1) is 13.9. The van der Waals surface area contributed by atoms with Crippen LogP contribution in [0.2, 0.25) is 0 Å². The Hall–Kier alpha value is -2.88. The first-order valence-corrected chi connectivity index (χ1v) is 10.5. The van der Waals surface area contributed by atoms with E-state index in [1.54, 1.807) is 12.1 Å². The lowest BCUT2D eigenvalue weighted by atomic mass is 10.1. The molecule has 0 fully saturated rings. The zero-order valence-corrected chi connectivity index (χ0v) is 17.0. The van der Waals surface area contributed by atoms with Gasteiger partial charge in [-0.2, -0.15) is 11.8 Å². The van der Waals surface area contributed by atoms with Gasteiger partial charge in [0.25, 0.3) is 17.7 Å². The van der Waals surface area contributed by atoms with Crippen molar-refractivity contribution in [3.63, 3.8) is 0 Å². The van der Waals surface area contributed by atoms with E-state index >= 15 is 0 Å². The fraction of sp³-hybridized carbons (Fsp3) is 0.421. The first-order valence-electron chi connectivity index (χ1n) is 9.10. The summed E-state index contributed by atoms with van der Waals surface area (Å²) in [6, 6.07) is 4.47. The van der Waals surface area contributed by atoms with Crippen LogP contribution in [0.4, 0.5) is 4.79 Å². The summed E-state index contributed by atoms with van der Waals surface area (Å²) < 4.78 is 4.99. The number of esters is 1. The molecule has 0 saturated carbocycles. The number of hydrogen-bond donors (Lipinski definition) is 2. The lowest BCUT2D eigenvalue weighted by molar-refractivity contribution is -0.152. The summed E-state index contributed by atoms with van der Waals surface area (Å²) in [5.74, 6) is -2.33. The van der Waals surface area contributed by atoms with Crippen LogP contribution in [0.15, 0.2) is 24.3 Å². The van der Waals surface area contributed by atoms with Crippen molar-refractivity contribution in [3.8, 4) is 0 Å². The molecule has 156 valence electrons. The Bertz CT molecular complexity index is 778. The number of imide groups is 2. The summed E-state index contributed by atoms with van der Waals surface area (Å²) >= 11 is 1.44. The van der Waals surface area contributed by atoms with E-state index in [4.69, 9.17) is 4.74 Å². The van der Waals surface area contributed by atoms with Crippen LogP contribution in [0.3, 0.4) is 0 Å². The predicted octanol–water partition coefficient (Wildman–Crippen LogP) is 1.18. The molecule has 0 unspecified atom stereocenters. The van der Waals surface area contributed by atoms with Gasteiger partial charge in [-0.3, -0.25) is 24.6 Å². The third-order valence-corrected chi connectivity index (χ3v) is 4.78. The van der Waals surface area contributed by atoms with Crippen LogP contribution in [0.5, 0.6) is 0 Å². The van der Waals surface area contributed by atoms with Crippen molar-refractivity contribution in [2.75, 3.05) is 25.2 Å². The second kappa shape index (κ2) is 10.6. The molecule has 9 nitrogen and oxygen atoms in total. The number of fused-ring (bicyclic) bond motifs is 1. The lowest BCUT2D eigenvalue weighted by Gasteiger charge is -2.24. The number of rotatable bonds is 9. The van der Waals surface area contributed by atoms with Crippen LogP contribution in [-0.2, 0) is 14.3 Å². The maximum atomic E-state index is 12.7. The minimum atomic E-state index is -1.16.